The predicted octanol–water partition coefficient (Wildman–Crippen LogP) is 13.6. The third kappa shape index (κ3) is 38.1. The maximum Gasteiger partial charge on any atom is 0.306 e. The highest BCUT2D eigenvalue weighted by atomic mass is 16.7. The van der Waals surface area contributed by atoms with Crippen LogP contribution in [-0.4, -0.2) is 89.0 Å². The molecule has 0 aromatic carbocycles. The van der Waals surface area contributed by atoms with E-state index in [1.54, 1.807) is 0 Å². The highest BCUT2D eigenvalue weighted by molar-refractivity contribution is 5.70. The summed E-state index contributed by atoms with van der Waals surface area (Å²) in [4.78, 5) is 25.5. The molecular weight excluding hydrogens is 845 g/mol. The van der Waals surface area contributed by atoms with Gasteiger partial charge in [0.15, 0.2) is 12.4 Å². The summed E-state index contributed by atoms with van der Waals surface area (Å²) in [7, 11) is 0. The average molecular weight is 947 g/mol. The van der Waals surface area contributed by atoms with Crippen molar-refractivity contribution in [3.05, 3.63) is 48.6 Å². The van der Waals surface area contributed by atoms with Crippen LogP contribution >= 0.6 is 0 Å². The lowest BCUT2D eigenvalue weighted by molar-refractivity contribution is -0.305. The lowest BCUT2D eigenvalue weighted by atomic mass is 9.99. The van der Waals surface area contributed by atoms with Crippen molar-refractivity contribution in [1.29, 1.82) is 0 Å². The summed E-state index contributed by atoms with van der Waals surface area (Å²) in [5, 5.41) is 40.3. The zero-order valence-corrected chi connectivity index (χ0v) is 42.9. The molecule has 0 aliphatic carbocycles. The van der Waals surface area contributed by atoms with E-state index >= 15 is 0 Å². The van der Waals surface area contributed by atoms with E-state index in [0.717, 1.165) is 70.6 Å². The molecule has 1 aliphatic rings. The van der Waals surface area contributed by atoms with E-state index in [1.165, 1.54) is 141 Å². The molecule has 0 aromatic heterocycles. The maximum absolute atomic E-state index is 12.9. The Morgan fingerprint density at radius 3 is 1.33 bits per heavy atom. The van der Waals surface area contributed by atoms with E-state index in [2.05, 4.69) is 62.5 Å². The molecule has 1 heterocycles. The molecule has 0 aromatic rings. The Bertz CT molecular complexity index is 1230. The van der Waals surface area contributed by atoms with Gasteiger partial charge >= 0.3 is 11.9 Å². The van der Waals surface area contributed by atoms with Gasteiger partial charge in [-0.15, -0.1) is 0 Å². The van der Waals surface area contributed by atoms with Crippen LogP contribution < -0.4 is 0 Å². The van der Waals surface area contributed by atoms with Crippen molar-refractivity contribution in [3.8, 4) is 0 Å². The number of hydrogen-bond donors (Lipinski definition) is 4. The normalized spacial score (nSPS) is 19.4. The van der Waals surface area contributed by atoms with Crippen LogP contribution in [0.3, 0.4) is 0 Å². The van der Waals surface area contributed by atoms with Crippen molar-refractivity contribution in [2.24, 2.45) is 0 Å². The molecule has 0 bridgehead atoms. The molecule has 1 aliphatic heterocycles. The summed E-state index contributed by atoms with van der Waals surface area (Å²) >= 11 is 0. The molecule has 390 valence electrons. The number of esters is 2. The fourth-order valence-electron chi connectivity index (χ4n) is 8.42. The zero-order chi connectivity index (χ0) is 48.7. The lowest BCUT2D eigenvalue weighted by Crippen LogP contribution is -2.59. The smallest absolute Gasteiger partial charge is 0.306 e. The van der Waals surface area contributed by atoms with Crippen LogP contribution in [0.25, 0.3) is 0 Å². The molecule has 1 fully saturated rings. The Morgan fingerprint density at radius 1 is 0.478 bits per heavy atom. The van der Waals surface area contributed by atoms with Gasteiger partial charge in [0, 0.05) is 12.8 Å². The minimum Gasteiger partial charge on any atom is -0.462 e. The molecule has 4 N–H and O–H groups in total. The largest absolute Gasteiger partial charge is 0.462 e. The number of aliphatic hydroxyl groups excluding tert-OH is 4. The number of aliphatic hydroxyl groups is 4. The van der Waals surface area contributed by atoms with Crippen LogP contribution in [0.5, 0.6) is 0 Å². The number of ether oxygens (including phenoxy) is 4. The molecule has 0 saturated carbocycles. The SMILES string of the molecule is CC/C=C\C/C=C\C/C=C\C/C=C\CCCCCCCCCCCCC(=O)OC(COC(=O)CCCCCCCCCCCCCCCCCCCCC)COC1OC(CO)C(O)C(O)C1O. The summed E-state index contributed by atoms with van der Waals surface area (Å²) < 4.78 is 22.3. The van der Waals surface area contributed by atoms with Crippen molar-refractivity contribution < 1.29 is 49.0 Å². The Hall–Kier alpha value is -2.34. The van der Waals surface area contributed by atoms with Crippen molar-refractivity contribution in [3.63, 3.8) is 0 Å². The van der Waals surface area contributed by atoms with Crippen LogP contribution in [0, 0.1) is 0 Å². The first-order valence-electron chi connectivity index (χ1n) is 27.7. The lowest BCUT2D eigenvalue weighted by Gasteiger charge is -2.39. The summed E-state index contributed by atoms with van der Waals surface area (Å²) in [5.74, 6) is -0.801. The summed E-state index contributed by atoms with van der Waals surface area (Å²) in [6.07, 6.45) is 51.2. The Morgan fingerprint density at radius 2 is 0.881 bits per heavy atom. The van der Waals surface area contributed by atoms with Crippen LogP contribution in [0.15, 0.2) is 48.6 Å². The molecule has 0 amide bonds. The third-order valence-corrected chi connectivity index (χ3v) is 12.7. The van der Waals surface area contributed by atoms with Gasteiger partial charge in [-0.2, -0.15) is 0 Å². The Kier molecular flexibility index (Phi) is 44.3. The molecule has 6 atom stereocenters. The molecule has 67 heavy (non-hydrogen) atoms. The highest BCUT2D eigenvalue weighted by Crippen LogP contribution is 2.23. The van der Waals surface area contributed by atoms with E-state index in [0.29, 0.717) is 6.42 Å². The maximum atomic E-state index is 12.9. The van der Waals surface area contributed by atoms with E-state index < -0.39 is 49.4 Å². The number of unbranched alkanes of at least 4 members (excludes halogenated alkanes) is 28. The Labute approximate surface area is 409 Å². The van der Waals surface area contributed by atoms with Gasteiger partial charge in [0.1, 0.15) is 31.0 Å². The van der Waals surface area contributed by atoms with E-state index in [1.807, 2.05) is 0 Å². The van der Waals surface area contributed by atoms with Gasteiger partial charge in [0.2, 0.25) is 0 Å². The van der Waals surface area contributed by atoms with Gasteiger partial charge in [-0.05, 0) is 51.4 Å². The van der Waals surface area contributed by atoms with Gasteiger partial charge < -0.3 is 39.4 Å². The molecule has 1 saturated heterocycles. The monoisotopic (exact) mass is 947 g/mol. The first kappa shape index (κ1) is 62.7. The number of carbonyl (C=O) groups excluding carboxylic acids is 2. The minimum atomic E-state index is -1.60. The molecule has 10 nitrogen and oxygen atoms in total. The quantitative estimate of drug-likeness (QED) is 0.0264. The number of allylic oxidation sites excluding steroid dienone is 8. The zero-order valence-electron chi connectivity index (χ0n) is 42.9. The van der Waals surface area contributed by atoms with Gasteiger partial charge in [-0.25, -0.2) is 0 Å². The summed E-state index contributed by atoms with van der Waals surface area (Å²) in [5.41, 5.74) is 0. The van der Waals surface area contributed by atoms with Crippen LogP contribution in [0.1, 0.15) is 245 Å². The molecule has 1 rings (SSSR count). The second kappa shape index (κ2) is 47.3. The average Bonchev–Trinajstić information content (AvgIpc) is 3.33. The standard InChI is InChI=1S/C57H102O10/c1-3-5-7-9-11-13-15-17-19-21-23-24-25-26-28-30-32-34-36-38-40-42-44-46-53(60)66-50(49-65-57-56(63)55(62)54(61)51(47-58)67-57)48-64-52(59)45-43-41-39-37-35-33-31-29-27-22-20-18-16-14-12-10-8-6-4-2/h5,7,11,13,17,19,23-24,50-51,54-58,61-63H,3-4,6,8-10,12,14-16,18,20-22,25-49H2,1-2H3/b7-5-,13-11-,19-17-,24-23-. The molecule has 0 radical (unpaired) electrons. The van der Waals surface area contributed by atoms with Crippen molar-refractivity contribution in [2.45, 2.75) is 282 Å². The van der Waals surface area contributed by atoms with Crippen LogP contribution in [0.4, 0.5) is 0 Å². The molecular formula is C57H102O10. The van der Waals surface area contributed by atoms with Crippen molar-refractivity contribution in [1.82, 2.24) is 0 Å². The minimum absolute atomic E-state index is 0.217. The second-order valence-corrected chi connectivity index (χ2v) is 19.0. The topological polar surface area (TPSA) is 152 Å². The Balaban J connectivity index is 2.22. The third-order valence-electron chi connectivity index (χ3n) is 12.7. The van der Waals surface area contributed by atoms with Gasteiger partial charge in [-0.1, -0.05) is 229 Å². The fraction of sp³-hybridized carbons (Fsp3) is 0.825. The van der Waals surface area contributed by atoms with E-state index in [9.17, 15) is 30.0 Å². The number of carbonyl (C=O) groups is 2. The summed E-state index contributed by atoms with van der Waals surface area (Å²) in [6.45, 7) is 3.35. The van der Waals surface area contributed by atoms with Crippen molar-refractivity contribution >= 4 is 11.9 Å². The fourth-order valence-corrected chi connectivity index (χ4v) is 8.42. The number of rotatable bonds is 47. The molecule has 6 unspecified atom stereocenters. The summed E-state index contributed by atoms with van der Waals surface area (Å²) in [6, 6.07) is 0. The highest BCUT2D eigenvalue weighted by Gasteiger charge is 2.44. The first-order chi connectivity index (χ1) is 32.8. The predicted molar refractivity (Wildman–Crippen MR) is 275 cm³/mol. The van der Waals surface area contributed by atoms with Gasteiger partial charge in [-0.3, -0.25) is 9.59 Å². The van der Waals surface area contributed by atoms with Crippen LogP contribution in [-0.2, 0) is 28.5 Å². The van der Waals surface area contributed by atoms with Gasteiger partial charge in [0.25, 0.3) is 0 Å². The molecule has 0 spiro atoms. The van der Waals surface area contributed by atoms with E-state index in [4.69, 9.17) is 18.9 Å². The first-order valence-corrected chi connectivity index (χ1v) is 27.7. The van der Waals surface area contributed by atoms with Crippen LogP contribution in [0.2, 0.25) is 0 Å². The van der Waals surface area contributed by atoms with E-state index in [-0.39, 0.29) is 32.0 Å². The second-order valence-electron chi connectivity index (χ2n) is 19.0. The number of hydrogen-bond acceptors (Lipinski definition) is 10. The van der Waals surface area contributed by atoms with Crippen molar-refractivity contribution in [2.75, 3.05) is 19.8 Å². The van der Waals surface area contributed by atoms with Gasteiger partial charge in [0.05, 0.1) is 13.2 Å². The molecule has 10 heteroatoms.